The molecule has 0 spiro atoms. The lowest BCUT2D eigenvalue weighted by Crippen LogP contribution is -2.17. The van der Waals surface area contributed by atoms with Crippen molar-refractivity contribution < 1.29 is 19.1 Å². The Morgan fingerprint density at radius 2 is 2.00 bits per heavy atom. The highest BCUT2D eigenvalue weighted by atomic mass is 19.1. The molecule has 1 aliphatic carbocycles. The predicted octanol–water partition coefficient (Wildman–Crippen LogP) is 1.48. The Labute approximate surface area is 91.1 Å². The van der Waals surface area contributed by atoms with Crippen molar-refractivity contribution in [1.82, 2.24) is 0 Å². The van der Waals surface area contributed by atoms with Crippen molar-refractivity contribution in [2.45, 2.75) is 6.42 Å². The molecule has 0 bridgehead atoms. The zero-order valence-corrected chi connectivity index (χ0v) is 8.31. The lowest BCUT2D eigenvalue weighted by Gasteiger charge is -2.04. The monoisotopic (exact) mass is 223 g/mol. The summed E-state index contributed by atoms with van der Waals surface area (Å²) in [4.78, 5) is 22.0. The van der Waals surface area contributed by atoms with Gasteiger partial charge in [0, 0.05) is 0 Å². The number of para-hydroxylation sites is 1. The Morgan fingerprint density at radius 3 is 2.56 bits per heavy atom. The summed E-state index contributed by atoms with van der Waals surface area (Å²) in [7, 11) is 0. The number of carbonyl (C=O) groups excluding carboxylic acids is 1. The molecule has 0 heterocycles. The maximum Gasteiger partial charge on any atom is 0.307 e. The van der Waals surface area contributed by atoms with E-state index in [1.807, 2.05) is 0 Å². The van der Waals surface area contributed by atoms with Crippen molar-refractivity contribution in [3.05, 3.63) is 30.1 Å². The molecule has 2 rings (SSSR count). The maximum absolute atomic E-state index is 13.2. The average molecular weight is 223 g/mol. The van der Waals surface area contributed by atoms with Gasteiger partial charge in [-0.3, -0.25) is 9.59 Å². The fourth-order valence-corrected chi connectivity index (χ4v) is 1.55. The van der Waals surface area contributed by atoms with Crippen LogP contribution in [0.5, 0.6) is 0 Å². The Bertz CT molecular complexity index is 447. The lowest BCUT2D eigenvalue weighted by molar-refractivity contribution is -0.139. The summed E-state index contributed by atoms with van der Waals surface area (Å²) in [5.41, 5.74) is 0.0866. The van der Waals surface area contributed by atoms with Crippen molar-refractivity contribution in [2.75, 3.05) is 5.32 Å². The largest absolute Gasteiger partial charge is 0.481 e. The van der Waals surface area contributed by atoms with E-state index in [2.05, 4.69) is 5.32 Å². The van der Waals surface area contributed by atoms with Crippen LogP contribution in [0, 0.1) is 17.7 Å². The molecular weight excluding hydrogens is 213 g/mol. The number of carboxylic acids is 1. The second-order valence-corrected chi connectivity index (χ2v) is 3.76. The normalized spacial score (nSPS) is 22.6. The van der Waals surface area contributed by atoms with E-state index in [1.54, 1.807) is 6.07 Å². The first kappa shape index (κ1) is 10.6. The summed E-state index contributed by atoms with van der Waals surface area (Å²) < 4.78 is 13.2. The summed E-state index contributed by atoms with van der Waals surface area (Å²) in [6.07, 6.45) is 0.329. The molecule has 0 radical (unpaired) electrons. The van der Waals surface area contributed by atoms with Crippen molar-refractivity contribution in [3.8, 4) is 0 Å². The summed E-state index contributed by atoms with van der Waals surface area (Å²) in [5, 5.41) is 11.0. The third-order valence-corrected chi connectivity index (χ3v) is 2.58. The van der Waals surface area contributed by atoms with Crippen molar-refractivity contribution in [3.63, 3.8) is 0 Å². The number of anilines is 1. The average Bonchev–Trinajstić information content (AvgIpc) is 3.01. The number of amides is 1. The first-order valence-corrected chi connectivity index (χ1v) is 4.88. The summed E-state index contributed by atoms with van der Waals surface area (Å²) >= 11 is 0. The van der Waals surface area contributed by atoms with E-state index in [0.29, 0.717) is 6.42 Å². The van der Waals surface area contributed by atoms with Gasteiger partial charge in [0.25, 0.3) is 0 Å². The van der Waals surface area contributed by atoms with E-state index in [1.165, 1.54) is 18.2 Å². The minimum atomic E-state index is -0.978. The van der Waals surface area contributed by atoms with Crippen LogP contribution in [0.4, 0.5) is 10.1 Å². The van der Waals surface area contributed by atoms with Crippen molar-refractivity contribution in [2.24, 2.45) is 11.8 Å². The van der Waals surface area contributed by atoms with Gasteiger partial charge < -0.3 is 10.4 Å². The van der Waals surface area contributed by atoms with E-state index < -0.39 is 29.5 Å². The maximum atomic E-state index is 13.2. The highest BCUT2D eigenvalue weighted by molar-refractivity contribution is 5.98. The molecule has 1 saturated carbocycles. The molecule has 1 aromatic rings. The predicted molar refractivity (Wildman–Crippen MR) is 54.3 cm³/mol. The second kappa shape index (κ2) is 3.92. The van der Waals surface area contributed by atoms with E-state index >= 15 is 0 Å². The highest BCUT2D eigenvalue weighted by Crippen LogP contribution is 2.39. The number of carbonyl (C=O) groups is 2. The van der Waals surface area contributed by atoms with E-state index in [-0.39, 0.29) is 5.69 Å². The molecule has 1 aliphatic rings. The molecule has 84 valence electrons. The van der Waals surface area contributed by atoms with Crippen LogP contribution in [0.3, 0.4) is 0 Å². The topological polar surface area (TPSA) is 66.4 Å². The molecule has 2 atom stereocenters. The lowest BCUT2D eigenvalue weighted by atomic mass is 10.2. The number of rotatable bonds is 3. The SMILES string of the molecule is O=C(O)[C@@H]1C[C@H]1C(=O)Nc1ccccc1F. The van der Waals surface area contributed by atoms with Gasteiger partial charge in [0.15, 0.2) is 0 Å². The number of hydrogen-bond acceptors (Lipinski definition) is 2. The number of aliphatic carboxylic acids is 1. The molecular formula is C11H10FNO3. The Morgan fingerprint density at radius 1 is 1.31 bits per heavy atom. The van der Waals surface area contributed by atoms with Gasteiger partial charge in [-0.1, -0.05) is 12.1 Å². The van der Waals surface area contributed by atoms with Crippen LogP contribution in [0.1, 0.15) is 6.42 Å². The highest BCUT2D eigenvalue weighted by Gasteiger charge is 2.48. The zero-order valence-electron chi connectivity index (χ0n) is 8.31. The van der Waals surface area contributed by atoms with E-state index in [4.69, 9.17) is 5.11 Å². The molecule has 0 unspecified atom stereocenters. The molecule has 5 heteroatoms. The number of nitrogens with one attached hydrogen (secondary N) is 1. The van der Waals surface area contributed by atoms with Crippen LogP contribution < -0.4 is 5.32 Å². The van der Waals surface area contributed by atoms with Gasteiger partial charge in [0.2, 0.25) is 5.91 Å². The van der Waals surface area contributed by atoms with Gasteiger partial charge in [-0.25, -0.2) is 4.39 Å². The smallest absolute Gasteiger partial charge is 0.307 e. The summed E-state index contributed by atoms with van der Waals surface area (Å²) in [6, 6.07) is 5.78. The first-order valence-electron chi connectivity index (χ1n) is 4.88. The van der Waals surface area contributed by atoms with Gasteiger partial charge >= 0.3 is 5.97 Å². The van der Waals surface area contributed by atoms with E-state index in [0.717, 1.165) is 0 Å². The van der Waals surface area contributed by atoms with Crippen LogP contribution in [0.15, 0.2) is 24.3 Å². The fraction of sp³-hybridized carbons (Fsp3) is 0.273. The molecule has 0 aliphatic heterocycles. The minimum Gasteiger partial charge on any atom is -0.481 e. The standard InChI is InChI=1S/C11H10FNO3/c12-8-3-1-2-4-9(8)13-10(14)6-5-7(6)11(15)16/h1-4,6-7H,5H2,(H,13,14)(H,15,16)/t6-,7-/m1/s1. The first-order chi connectivity index (χ1) is 7.59. The van der Waals surface area contributed by atoms with Gasteiger partial charge in [0.1, 0.15) is 5.82 Å². The Balaban J connectivity index is 1.99. The number of benzene rings is 1. The van der Waals surface area contributed by atoms with Crippen LogP contribution in [0.2, 0.25) is 0 Å². The quantitative estimate of drug-likeness (QED) is 0.815. The molecule has 2 N–H and O–H groups in total. The Hall–Kier alpha value is -1.91. The van der Waals surface area contributed by atoms with Crippen LogP contribution >= 0.6 is 0 Å². The summed E-state index contributed by atoms with van der Waals surface area (Å²) in [5.74, 6) is -3.08. The minimum absolute atomic E-state index is 0.0866. The molecule has 1 fully saturated rings. The third kappa shape index (κ3) is 2.03. The molecule has 1 amide bonds. The van der Waals surface area contributed by atoms with Gasteiger partial charge in [-0.2, -0.15) is 0 Å². The van der Waals surface area contributed by atoms with Gasteiger partial charge in [0.05, 0.1) is 17.5 Å². The van der Waals surface area contributed by atoms with Crippen molar-refractivity contribution >= 4 is 17.6 Å². The fourth-order valence-electron chi connectivity index (χ4n) is 1.55. The van der Waals surface area contributed by atoms with Crippen LogP contribution in [-0.4, -0.2) is 17.0 Å². The number of carboxylic acid groups (broad SMARTS) is 1. The molecule has 16 heavy (non-hydrogen) atoms. The zero-order chi connectivity index (χ0) is 11.7. The van der Waals surface area contributed by atoms with Crippen LogP contribution in [0.25, 0.3) is 0 Å². The van der Waals surface area contributed by atoms with Crippen LogP contribution in [-0.2, 0) is 9.59 Å². The molecule has 4 nitrogen and oxygen atoms in total. The number of halogens is 1. The summed E-state index contributed by atoms with van der Waals surface area (Å²) in [6.45, 7) is 0. The van der Waals surface area contributed by atoms with Gasteiger partial charge in [-0.05, 0) is 18.6 Å². The molecule has 1 aromatic carbocycles. The van der Waals surface area contributed by atoms with Crippen molar-refractivity contribution in [1.29, 1.82) is 0 Å². The van der Waals surface area contributed by atoms with E-state index in [9.17, 15) is 14.0 Å². The van der Waals surface area contributed by atoms with Gasteiger partial charge in [-0.15, -0.1) is 0 Å². The molecule has 0 aromatic heterocycles. The second-order valence-electron chi connectivity index (χ2n) is 3.76. The molecule has 0 saturated heterocycles. The number of hydrogen-bond donors (Lipinski definition) is 2. The third-order valence-electron chi connectivity index (χ3n) is 2.58. The Kier molecular flexibility index (Phi) is 2.60.